The van der Waals surface area contributed by atoms with Crippen molar-refractivity contribution in [1.82, 2.24) is 9.97 Å². The van der Waals surface area contributed by atoms with Gasteiger partial charge in [0.1, 0.15) is 5.82 Å². The van der Waals surface area contributed by atoms with Gasteiger partial charge >= 0.3 is 0 Å². The summed E-state index contributed by atoms with van der Waals surface area (Å²) < 4.78 is 5.86. The summed E-state index contributed by atoms with van der Waals surface area (Å²) in [6.07, 6.45) is 8.41. The summed E-state index contributed by atoms with van der Waals surface area (Å²) in [5.74, 6) is 0.452. The smallest absolute Gasteiger partial charge is 0.141 e. The second kappa shape index (κ2) is 5.00. The molecule has 0 amide bonds. The van der Waals surface area contributed by atoms with Crippen LogP contribution in [-0.2, 0) is 11.3 Å². The predicted molar refractivity (Wildman–Crippen MR) is 67.3 cm³/mol. The fraction of sp³-hybridized carbons (Fsp3) is 0.692. The first-order valence-electron chi connectivity index (χ1n) is 6.23. The van der Waals surface area contributed by atoms with Gasteiger partial charge in [0.2, 0.25) is 0 Å². The maximum absolute atomic E-state index is 5.86. The Hall–Kier alpha value is -1.16. The highest BCUT2D eigenvalue weighted by Gasteiger charge is 2.27. The topological polar surface area (TPSA) is 61.0 Å². The predicted octanol–water partition coefficient (Wildman–Crippen LogP) is 2.54. The van der Waals surface area contributed by atoms with E-state index in [1.807, 2.05) is 0 Å². The minimum atomic E-state index is 0.377. The van der Waals surface area contributed by atoms with Crippen molar-refractivity contribution in [2.45, 2.75) is 52.2 Å². The zero-order valence-corrected chi connectivity index (χ0v) is 10.6. The quantitative estimate of drug-likeness (QED) is 0.874. The lowest BCUT2D eigenvalue weighted by atomic mass is 9.76. The van der Waals surface area contributed by atoms with E-state index in [9.17, 15) is 0 Å². The van der Waals surface area contributed by atoms with E-state index in [0.29, 0.717) is 23.9 Å². The maximum atomic E-state index is 5.86. The molecule has 1 aromatic heterocycles. The largest absolute Gasteiger partial charge is 0.382 e. The van der Waals surface area contributed by atoms with Crippen LogP contribution < -0.4 is 5.73 Å². The van der Waals surface area contributed by atoms with Crippen LogP contribution in [-0.4, -0.2) is 16.1 Å². The fourth-order valence-corrected chi connectivity index (χ4v) is 2.18. The molecule has 1 aromatic rings. The molecular weight excluding hydrogens is 214 g/mol. The highest BCUT2D eigenvalue weighted by Crippen LogP contribution is 2.36. The number of anilines is 1. The molecule has 0 atom stereocenters. The highest BCUT2D eigenvalue weighted by atomic mass is 16.5. The molecule has 0 saturated heterocycles. The Kier molecular flexibility index (Phi) is 3.62. The van der Waals surface area contributed by atoms with Crippen LogP contribution in [0.15, 0.2) is 12.4 Å². The summed E-state index contributed by atoms with van der Waals surface area (Å²) in [6, 6.07) is 0. The van der Waals surface area contributed by atoms with E-state index in [1.165, 1.54) is 12.8 Å². The number of hydrogen-bond acceptors (Lipinski definition) is 4. The van der Waals surface area contributed by atoms with Gasteiger partial charge < -0.3 is 10.5 Å². The zero-order chi connectivity index (χ0) is 12.3. The van der Waals surface area contributed by atoms with Crippen LogP contribution >= 0.6 is 0 Å². The number of ether oxygens (including phenoxy) is 1. The van der Waals surface area contributed by atoms with Crippen molar-refractivity contribution in [2.24, 2.45) is 5.41 Å². The average Bonchev–Trinajstić information content (AvgIpc) is 2.30. The van der Waals surface area contributed by atoms with E-state index in [4.69, 9.17) is 10.5 Å². The van der Waals surface area contributed by atoms with Gasteiger partial charge in [0.15, 0.2) is 0 Å². The molecule has 1 aliphatic carbocycles. The van der Waals surface area contributed by atoms with Gasteiger partial charge in [0.25, 0.3) is 0 Å². The van der Waals surface area contributed by atoms with Crippen molar-refractivity contribution >= 4 is 5.82 Å². The molecule has 0 radical (unpaired) electrons. The lowest BCUT2D eigenvalue weighted by molar-refractivity contribution is -0.00697. The van der Waals surface area contributed by atoms with Gasteiger partial charge in [-0.15, -0.1) is 0 Å². The molecule has 2 rings (SSSR count). The van der Waals surface area contributed by atoms with Gasteiger partial charge in [0.05, 0.1) is 30.8 Å². The second-order valence-electron chi connectivity index (χ2n) is 5.61. The highest BCUT2D eigenvalue weighted by molar-refractivity contribution is 5.22. The van der Waals surface area contributed by atoms with Crippen LogP contribution in [0.5, 0.6) is 0 Å². The Morgan fingerprint density at radius 1 is 1.29 bits per heavy atom. The van der Waals surface area contributed by atoms with Crippen LogP contribution in [0.2, 0.25) is 0 Å². The first kappa shape index (κ1) is 12.3. The normalized spacial score (nSPS) is 20.4. The van der Waals surface area contributed by atoms with E-state index in [1.54, 1.807) is 12.4 Å². The Morgan fingerprint density at radius 3 is 2.59 bits per heavy atom. The number of nitrogens with two attached hydrogens (primary N) is 1. The van der Waals surface area contributed by atoms with Gasteiger partial charge in [0, 0.05) is 0 Å². The molecule has 0 spiro atoms. The summed E-state index contributed by atoms with van der Waals surface area (Å²) in [6.45, 7) is 5.20. The first-order chi connectivity index (χ1) is 8.05. The average molecular weight is 235 g/mol. The summed E-state index contributed by atoms with van der Waals surface area (Å²) >= 11 is 0. The second-order valence-corrected chi connectivity index (χ2v) is 5.61. The lowest BCUT2D eigenvalue weighted by Gasteiger charge is -2.34. The van der Waals surface area contributed by atoms with E-state index in [-0.39, 0.29) is 0 Å². The number of aromatic nitrogens is 2. The van der Waals surface area contributed by atoms with Crippen molar-refractivity contribution in [3.8, 4) is 0 Å². The third-order valence-corrected chi connectivity index (χ3v) is 3.48. The van der Waals surface area contributed by atoms with Crippen molar-refractivity contribution in [2.75, 3.05) is 5.73 Å². The van der Waals surface area contributed by atoms with Crippen LogP contribution in [0.3, 0.4) is 0 Å². The van der Waals surface area contributed by atoms with Crippen molar-refractivity contribution in [3.63, 3.8) is 0 Å². The van der Waals surface area contributed by atoms with Crippen LogP contribution in [0.4, 0.5) is 5.82 Å². The third-order valence-electron chi connectivity index (χ3n) is 3.48. The molecule has 1 aliphatic rings. The van der Waals surface area contributed by atoms with E-state index in [2.05, 4.69) is 23.8 Å². The molecule has 4 nitrogen and oxygen atoms in total. The minimum Gasteiger partial charge on any atom is -0.382 e. The molecule has 1 heterocycles. The van der Waals surface area contributed by atoms with E-state index >= 15 is 0 Å². The maximum Gasteiger partial charge on any atom is 0.141 e. The van der Waals surface area contributed by atoms with Gasteiger partial charge in [-0.3, -0.25) is 4.98 Å². The van der Waals surface area contributed by atoms with Crippen molar-refractivity contribution in [1.29, 1.82) is 0 Å². The van der Waals surface area contributed by atoms with E-state index in [0.717, 1.165) is 18.5 Å². The monoisotopic (exact) mass is 235 g/mol. The molecular formula is C13H21N3O. The van der Waals surface area contributed by atoms with Crippen LogP contribution in [0.1, 0.15) is 45.2 Å². The Morgan fingerprint density at radius 2 is 2.00 bits per heavy atom. The zero-order valence-electron chi connectivity index (χ0n) is 10.6. The van der Waals surface area contributed by atoms with E-state index < -0.39 is 0 Å². The van der Waals surface area contributed by atoms with Gasteiger partial charge in [-0.1, -0.05) is 13.8 Å². The summed E-state index contributed by atoms with van der Waals surface area (Å²) in [7, 11) is 0. The lowest BCUT2D eigenvalue weighted by Crippen LogP contribution is -2.26. The Balaban J connectivity index is 1.78. The van der Waals surface area contributed by atoms with Crippen molar-refractivity contribution in [3.05, 3.63) is 18.1 Å². The Labute approximate surface area is 103 Å². The molecule has 1 saturated carbocycles. The summed E-state index contributed by atoms with van der Waals surface area (Å²) in [5, 5.41) is 0. The molecule has 0 aromatic carbocycles. The molecule has 1 fully saturated rings. The number of nitrogens with zero attached hydrogens (tertiary/aromatic N) is 2. The molecule has 2 N–H and O–H groups in total. The molecule has 0 aliphatic heterocycles. The van der Waals surface area contributed by atoms with Gasteiger partial charge in [-0.25, -0.2) is 4.98 Å². The van der Waals surface area contributed by atoms with Crippen LogP contribution in [0.25, 0.3) is 0 Å². The standard InChI is InChI=1S/C13H21N3O/c1-13(2)5-3-11(4-6-13)17-9-10-7-16-12(14)8-15-10/h7-8,11H,3-6,9H2,1-2H3,(H2,14,16). The van der Waals surface area contributed by atoms with Crippen molar-refractivity contribution < 1.29 is 4.74 Å². The van der Waals surface area contributed by atoms with Crippen LogP contribution in [0, 0.1) is 5.41 Å². The fourth-order valence-electron chi connectivity index (χ4n) is 2.18. The molecule has 4 heteroatoms. The number of rotatable bonds is 3. The van der Waals surface area contributed by atoms with Gasteiger partial charge in [-0.05, 0) is 31.1 Å². The molecule has 94 valence electrons. The number of nitrogen functional groups attached to an aromatic ring is 1. The Bertz CT molecular complexity index is 351. The van der Waals surface area contributed by atoms with Gasteiger partial charge in [-0.2, -0.15) is 0 Å². The molecule has 0 bridgehead atoms. The minimum absolute atomic E-state index is 0.377. The summed E-state index contributed by atoms with van der Waals surface area (Å²) in [4.78, 5) is 8.18. The molecule has 0 unspecified atom stereocenters. The third kappa shape index (κ3) is 3.66. The summed E-state index contributed by atoms with van der Waals surface area (Å²) in [5.41, 5.74) is 6.82. The first-order valence-corrected chi connectivity index (χ1v) is 6.23. The molecule has 17 heavy (non-hydrogen) atoms. The number of hydrogen-bond donors (Lipinski definition) is 1. The SMILES string of the molecule is CC1(C)CCC(OCc2cnc(N)cn2)CC1.